The number of aliphatic hydroxyl groups excluding tert-OH is 1. The molecule has 0 saturated heterocycles. The number of aliphatic hydroxyl groups is 1. The summed E-state index contributed by atoms with van der Waals surface area (Å²) in [6, 6.07) is 12.9. The van der Waals surface area contributed by atoms with Crippen molar-refractivity contribution in [3.05, 3.63) is 59.2 Å². The lowest BCUT2D eigenvalue weighted by Gasteiger charge is -2.09. The molecular weight excluding hydrogens is 254 g/mol. The number of ether oxygens (including phenoxy) is 1. The first-order chi connectivity index (χ1) is 9.72. The largest absolute Gasteiger partial charge is 0.508 e. The molecule has 4 heteroatoms. The molecule has 0 fully saturated rings. The standard InChI is InChI=1S/C16H19NO3/c1-20-15-5-6-16(19)14(8-15)10-17-9-12-3-2-4-13(7-12)11-18/h2-8,17-19H,9-11H2,1H3. The summed E-state index contributed by atoms with van der Waals surface area (Å²) in [7, 11) is 1.60. The molecule has 0 spiro atoms. The van der Waals surface area contributed by atoms with E-state index < -0.39 is 0 Å². The van der Waals surface area contributed by atoms with Gasteiger partial charge in [-0.1, -0.05) is 24.3 Å². The van der Waals surface area contributed by atoms with Crippen LogP contribution in [0.3, 0.4) is 0 Å². The molecular formula is C16H19NO3. The normalized spacial score (nSPS) is 10.5. The Labute approximate surface area is 118 Å². The van der Waals surface area contributed by atoms with E-state index in [0.29, 0.717) is 13.1 Å². The van der Waals surface area contributed by atoms with Crippen LogP contribution in [0.5, 0.6) is 11.5 Å². The molecule has 4 nitrogen and oxygen atoms in total. The number of hydrogen-bond donors (Lipinski definition) is 3. The van der Waals surface area contributed by atoms with Crippen molar-refractivity contribution in [3.63, 3.8) is 0 Å². The van der Waals surface area contributed by atoms with Crippen LogP contribution in [0.25, 0.3) is 0 Å². The summed E-state index contributed by atoms with van der Waals surface area (Å²) in [5, 5.41) is 22.1. The van der Waals surface area contributed by atoms with E-state index in [-0.39, 0.29) is 12.4 Å². The second-order valence-electron chi connectivity index (χ2n) is 4.58. The maximum atomic E-state index is 9.78. The lowest BCUT2D eigenvalue weighted by atomic mass is 10.1. The quantitative estimate of drug-likeness (QED) is 0.755. The lowest BCUT2D eigenvalue weighted by molar-refractivity contribution is 0.281. The van der Waals surface area contributed by atoms with Crippen molar-refractivity contribution in [3.8, 4) is 11.5 Å². The van der Waals surface area contributed by atoms with Gasteiger partial charge >= 0.3 is 0 Å². The summed E-state index contributed by atoms with van der Waals surface area (Å²) in [5.41, 5.74) is 2.79. The SMILES string of the molecule is COc1ccc(O)c(CNCc2cccc(CO)c2)c1. The van der Waals surface area contributed by atoms with E-state index in [1.165, 1.54) is 0 Å². The highest BCUT2D eigenvalue weighted by Gasteiger charge is 2.03. The van der Waals surface area contributed by atoms with Crippen LogP contribution in [-0.4, -0.2) is 17.3 Å². The molecule has 0 aromatic heterocycles. The Morgan fingerprint density at radius 1 is 1.05 bits per heavy atom. The Kier molecular flexibility index (Phi) is 4.98. The number of aromatic hydroxyl groups is 1. The number of benzene rings is 2. The summed E-state index contributed by atoms with van der Waals surface area (Å²) in [5.74, 6) is 0.976. The predicted octanol–water partition coefficient (Wildman–Crippen LogP) is 2.18. The monoisotopic (exact) mass is 273 g/mol. The van der Waals surface area contributed by atoms with Gasteiger partial charge in [-0.25, -0.2) is 0 Å². The van der Waals surface area contributed by atoms with Crippen LogP contribution in [0.15, 0.2) is 42.5 Å². The summed E-state index contributed by atoms with van der Waals surface area (Å²) in [6.07, 6.45) is 0. The van der Waals surface area contributed by atoms with Gasteiger partial charge in [-0.05, 0) is 29.3 Å². The molecule has 0 aliphatic carbocycles. The third kappa shape index (κ3) is 3.73. The topological polar surface area (TPSA) is 61.7 Å². The van der Waals surface area contributed by atoms with Gasteiger partial charge < -0.3 is 20.3 Å². The Morgan fingerprint density at radius 2 is 1.85 bits per heavy atom. The Bertz CT molecular complexity index is 569. The molecule has 0 radical (unpaired) electrons. The fourth-order valence-corrected chi connectivity index (χ4v) is 2.01. The van der Waals surface area contributed by atoms with Crippen LogP contribution in [-0.2, 0) is 19.7 Å². The maximum absolute atomic E-state index is 9.78. The van der Waals surface area contributed by atoms with Crippen LogP contribution >= 0.6 is 0 Å². The molecule has 20 heavy (non-hydrogen) atoms. The first-order valence-corrected chi connectivity index (χ1v) is 6.48. The fraction of sp³-hybridized carbons (Fsp3) is 0.250. The van der Waals surface area contributed by atoms with Gasteiger partial charge in [0.1, 0.15) is 11.5 Å². The molecule has 3 N–H and O–H groups in total. The molecule has 106 valence electrons. The molecule has 0 saturated carbocycles. The van der Waals surface area contributed by atoms with Crippen molar-refractivity contribution >= 4 is 0 Å². The summed E-state index contributed by atoms with van der Waals surface area (Å²) < 4.78 is 5.14. The molecule has 2 aromatic carbocycles. The van der Waals surface area contributed by atoms with Gasteiger partial charge in [0, 0.05) is 18.7 Å². The molecule has 0 aliphatic heterocycles. The lowest BCUT2D eigenvalue weighted by Crippen LogP contribution is -2.13. The molecule has 0 aliphatic rings. The van der Waals surface area contributed by atoms with Gasteiger partial charge in [-0.15, -0.1) is 0 Å². The zero-order valence-corrected chi connectivity index (χ0v) is 11.5. The van der Waals surface area contributed by atoms with Crippen LogP contribution in [0, 0.1) is 0 Å². The second kappa shape index (κ2) is 6.93. The van der Waals surface area contributed by atoms with E-state index >= 15 is 0 Å². The minimum Gasteiger partial charge on any atom is -0.508 e. The van der Waals surface area contributed by atoms with Crippen LogP contribution < -0.4 is 10.1 Å². The Hall–Kier alpha value is -2.04. The van der Waals surface area contributed by atoms with Crippen LogP contribution in [0.4, 0.5) is 0 Å². The van der Waals surface area contributed by atoms with E-state index in [1.54, 1.807) is 19.2 Å². The molecule has 0 atom stereocenters. The maximum Gasteiger partial charge on any atom is 0.120 e. The van der Waals surface area contributed by atoms with Crippen LogP contribution in [0.2, 0.25) is 0 Å². The fourth-order valence-electron chi connectivity index (χ4n) is 2.01. The van der Waals surface area contributed by atoms with Crippen molar-refractivity contribution in [2.24, 2.45) is 0 Å². The van der Waals surface area contributed by atoms with Crippen LogP contribution in [0.1, 0.15) is 16.7 Å². The molecule has 2 rings (SSSR count). The summed E-state index contributed by atoms with van der Waals surface area (Å²) >= 11 is 0. The van der Waals surface area contributed by atoms with E-state index in [9.17, 15) is 5.11 Å². The zero-order valence-electron chi connectivity index (χ0n) is 11.5. The number of phenolic OH excluding ortho intramolecular Hbond substituents is 1. The van der Waals surface area contributed by atoms with E-state index in [1.807, 2.05) is 30.3 Å². The molecule has 0 amide bonds. The first kappa shape index (κ1) is 14.4. The number of nitrogens with one attached hydrogen (secondary N) is 1. The Morgan fingerprint density at radius 3 is 2.60 bits per heavy atom. The average Bonchev–Trinajstić information content (AvgIpc) is 2.49. The number of phenols is 1. The minimum atomic E-state index is 0.0461. The number of methoxy groups -OCH3 is 1. The van der Waals surface area contributed by atoms with E-state index in [0.717, 1.165) is 22.4 Å². The van der Waals surface area contributed by atoms with Crippen molar-refractivity contribution < 1.29 is 14.9 Å². The minimum absolute atomic E-state index is 0.0461. The van der Waals surface area contributed by atoms with Crippen molar-refractivity contribution in [1.82, 2.24) is 5.32 Å². The van der Waals surface area contributed by atoms with Gasteiger partial charge in [0.15, 0.2) is 0 Å². The third-order valence-electron chi connectivity index (χ3n) is 3.11. The third-order valence-corrected chi connectivity index (χ3v) is 3.11. The second-order valence-corrected chi connectivity index (χ2v) is 4.58. The highest BCUT2D eigenvalue weighted by molar-refractivity contribution is 5.39. The number of hydrogen-bond acceptors (Lipinski definition) is 4. The highest BCUT2D eigenvalue weighted by atomic mass is 16.5. The molecule has 2 aromatic rings. The Balaban J connectivity index is 1.95. The predicted molar refractivity (Wildman–Crippen MR) is 77.6 cm³/mol. The van der Waals surface area contributed by atoms with Gasteiger partial charge in [-0.2, -0.15) is 0 Å². The van der Waals surface area contributed by atoms with Gasteiger partial charge in [0.25, 0.3) is 0 Å². The van der Waals surface area contributed by atoms with Gasteiger partial charge in [-0.3, -0.25) is 0 Å². The first-order valence-electron chi connectivity index (χ1n) is 6.48. The zero-order chi connectivity index (χ0) is 14.4. The van der Waals surface area contributed by atoms with Crippen molar-refractivity contribution in [1.29, 1.82) is 0 Å². The molecule has 0 heterocycles. The number of rotatable bonds is 6. The smallest absolute Gasteiger partial charge is 0.120 e. The average molecular weight is 273 g/mol. The summed E-state index contributed by atoms with van der Waals surface area (Å²) in [4.78, 5) is 0. The summed E-state index contributed by atoms with van der Waals surface area (Å²) in [6.45, 7) is 1.27. The van der Waals surface area contributed by atoms with Gasteiger partial charge in [0.2, 0.25) is 0 Å². The molecule has 0 unspecified atom stereocenters. The molecule has 0 bridgehead atoms. The van der Waals surface area contributed by atoms with Crippen molar-refractivity contribution in [2.75, 3.05) is 7.11 Å². The van der Waals surface area contributed by atoms with Gasteiger partial charge in [0.05, 0.1) is 13.7 Å². The van der Waals surface area contributed by atoms with E-state index in [2.05, 4.69) is 5.32 Å². The van der Waals surface area contributed by atoms with E-state index in [4.69, 9.17) is 9.84 Å². The highest BCUT2D eigenvalue weighted by Crippen LogP contribution is 2.22. The van der Waals surface area contributed by atoms with Crippen molar-refractivity contribution in [2.45, 2.75) is 19.7 Å².